The number of likely N-dealkylation sites (N-methyl/N-ethyl adjacent to an activating group) is 1. The summed E-state index contributed by atoms with van der Waals surface area (Å²) in [6, 6.07) is 7.91. The third-order valence-electron chi connectivity index (χ3n) is 3.13. The third kappa shape index (κ3) is 4.72. The van der Waals surface area contributed by atoms with Gasteiger partial charge in [0.2, 0.25) is 0 Å². The van der Waals surface area contributed by atoms with Gasteiger partial charge in [-0.3, -0.25) is 4.79 Å². The average Bonchev–Trinajstić information content (AvgIpc) is 2.47. The summed E-state index contributed by atoms with van der Waals surface area (Å²) in [6.45, 7) is 4.60. The van der Waals surface area contributed by atoms with Gasteiger partial charge in [0.15, 0.2) is 0 Å². The van der Waals surface area contributed by atoms with Crippen molar-refractivity contribution in [2.45, 2.75) is 30.7 Å². The molecule has 0 aliphatic carbocycles. The van der Waals surface area contributed by atoms with E-state index >= 15 is 0 Å². The van der Waals surface area contributed by atoms with Crippen LogP contribution in [0, 0.1) is 0 Å². The van der Waals surface area contributed by atoms with E-state index < -0.39 is 5.54 Å². The number of benzene rings is 1. The maximum Gasteiger partial charge on any atom is 0.325 e. The molecule has 1 aromatic rings. The van der Waals surface area contributed by atoms with Gasteiger partial charge in [0.25, 0.3) is 0 Å². The van der Waals surface area contributed by atoms with Crippen molar-refractivity contribution in [3.63, 3.8) is 0 Å². The molecule has 0 aliphatic heterocycles. The molecule has 4 nitrogen and oxygen atoms in total. The van der Waals surface area contributed by atoms with E-state index in [-0.39, 0.29) is 5.97 Å². The van der Waals surface area contributed by atoms with Crippen LogP contribution in [0.5, 0.6) is 5.75 Å². The highest BCUT2D eigenvalue weighted by Gasteiger charge is 2.32. The standard InChI is InChI=1S/C15H23NO3S/c1-5-16-15(2,14(17)19-4)10-11-20-13-8-6-12(18-3)7-9-13/h6-9,16H,5,10-11H2,1-4H3. The molecule has 0 heterocycles. The molecule has 1 rings (SSSR count). The first-order valence-corrected chi connectivity index (χ1v) is 7.64. The summed E-state index contributed by atoms with van der Waals surface area (Å²) in [4.78, 5) is 13.0. The second-order valence-corrected chi connectivity index (χ2v) is 5.80. The van der Waals surface area contributed by atoms with E-state index in [2.05, 4.69) is 5.32 Å². The fraction of sp³-hybridized carbons (Fsp3) is 0.533. The van der Waals surface area contributed by atoms with Gasteiger partial charge in [-0.25, -0.2) is 0 Å². The maximum absolute atomic E-state index is 11.8. The van der Waals surface area contributed by atoms with Crippen molar-refractivity contribution >= 4 is 17.7 Å². The largest absolute Gasteiger partial charge is 0.497 e. The molecule has 1 atom stereocenters. The topological polar surface area (TPSA) is 47.6 Å². The normalized spacial score (nSPS) is 13.6. The van der Waals surface area contributed by atoms with E-state index in [1.807, 2.05) is 38.1 Å². The Labute approximate surface area is 125 Å². The minimum absolute atomic E-state index is 0.213. The van der Waals surface area contributed by atoms with Crippen molar-refractivity contribution < 1.29 is 14.3 Å². The summed E-state index contributed by atoms with van der Waals surface area (Å²) in [5, 5.41) is 3.21. The fourth-order valence-electron chi connectivity index (χ4n) is 1.92. The van der Waals surface area contributed by atoms with Gasteiger partial charge < -0.3 is 14.8 Å². The lowest BCUT2D eigenvalue weighted by molar-refractivity contribution is -0.147. The molecule has 0 amide bonds. The molecule has 0 aliphatic rings. The SMILES string of the molecule is CCNC(C)(CCSc1ccc(OC)cc1)C(=O)OC. The van der Waals surface area contributed by atoms with Crippen LogP contribution in [0.3, 0.4) is 0 Å². The van der Waals surface area contributed by atoms with Gasteiger partial charge >= 0.3 is 5.97 Å². The summed E-state index contributed by atoms with van der Waals surface area (Å²) in [7, 11) is 3.08. The zero-order chi connectivity index (χ0) is 15.0. The van der Waals surface area contributed by atoms with Crippen LogP contribution in [0.4, 0.5) is 0 Å². The number of hydrogen-bond acceptors (Lipinski definition) is 5. The molecule has 1 aromatic carbocycles. The second kappa shape index (κ2) is 8.17. The molecule has 0 bridgehead atoms. The highest BCUT2D eigenvalue weighted by Crippen LogP contribution is 2.24. The fourth-order valence-corrected chi connectivity index (χ4v) is 3.00. The second-order valence-electron chi connectivity index (χ2n) is 4.63. The molecule has 0 aromatic heterocycles. The van der Waals surface area contributed by atoms with Crippen LogP contribution < -0.4 is 10.1 Å². The van der Waals surface area contributed by atoms with E-state index in [4.69, 9.17) is 9.47 Å². The quantitative estimate of drug-likeness (QED) is 0.590. The number of ether oxygens (including phenoxy) is 2. The molecule has 0 spiro atoms. The van der Waals surface area contributed by atoms with Gasteiger partial charge in [-0.2, -0.15) is 0 Å². The lowest BCUT2D eigenvalue weighted by atomic mass is 9.99. The van der Waals surface area contributed by atoms with Gasteiger partial charge in [0.1, 0.15) is 11.3 Å². The number of nitrogens with one attached hydrogen (secondary N) is 1. The zero-order valence-electron chi connectivity index (χ0n) is 12.6. The lowest BCUT2D eigenvalue weighted by Gasteiger charge is -2.27. The molecule has 5 heteroatoms. The summed E-state index contributed by atoms with van der Waals surface area (Å²) in [6.07, 6.45) is 0.713. The predicted molar refractivity (Wildman–Crippen MR) is 82.4 cm³/mol. The molecular formula is C15H23NO3S. The molecule has 0 saturated heterocycles. The zero-order valence-corrected chi connectivity index (χ0v) is 13.4. The Morgan fingerprint density at radius 3 is 2.45 bits per heavy atom. The Kier molecular flexibility index (Phi) is 6.88. The van der Waals surface area contributed by atoms with Crippen LogP contribution in [-0.2, 0) is 9.53 Å². The smallest absolute Gasteiger partial charge is 0.325 e. The predicted octanol–water partition coefficient (Wildman–Crippen LogP) is 2.72. The molecule has 0 radical (unpaired) electrons. The van der Waals surface area contributed by atoms with E-state index in [1.165, 1.54) is 7.11 Å². The first-order valence-electron chi connectivity index (χ1n) is 6.66. The number of rotatable bonds is 8. The van der Waals surface area contributed by atoms with E-state index in [1.54, 1.807) is 18.9 Å². The Hall–Kier alpha value is -1.20. The van der Waals surface area contributed by atoms with Crippen LogP contribution in [0.15, 0.2) is 29.2 Å². The van der Waals surface area contributed by atoms with Crippen LogP contribution in [-0.4, -0.2) is 38.0 Å². The maximum atomic E-state index is 11.8. The highest BCUT2D eigenvalue weighted by molar-refractivity contribution is 7.99. The molecule has 1 N–H and O–H groups in total. The molecule has 1 unspecified atom stereocenters. The van der Waals surface area contributed by atoms with Crippen LogP contribution >= 0.6 is 11.8 Å². The number of hydrogen-bond donors (Lipinski definition) is 1. The number of methoxy groups -OCH3 is 2. The molecule has 0 fully saturated rings. The lowest BCUT2D eigenvalue weighted by Crippen LogP contribution is -2.50. The first kappa shape index (κ1) is 16.9. The minimum atomic E-state index is -0.622. The van der Waals surface area contributed by atoms with Gasteiger partial charge in [0, 0.05) is 10.6 Å². The third-order valence-corrected chi connectivity index (χ3v) is 4.15. The Bertz CT molecular complexity index is 422. The van der Waals surface area contributed by atoms with Crippen LogP contribution in [0.25, 0.3) is 0 Å². The molecule has 20 heavy (non-hydrogen) atoms. The first-order chi connectivity index (χ1) is 9.55. The monoisotopic (exact) mass is 297 g/mol. The van der Waals surface area contributed by atoms with Crippen molar-refractivity contribution in [3.8, 4) is 5.75 Å². The Morgan fingerprint density at radius 2 is 1.95 bits per heavy atom. The van der Waals surface area contributed by atoms with Crippen molar-refractivity contribution in [2.75, 3.05) is 26.5 Å². The highest BCUT2D eigenvalue weighted by atomic mass is 32.2. The average molecular weight is 297 g/mol. The van der Waals surface area contributed by atoms with Gasteiger partial charge in [-0.05, 0) is 44.2 Å². The van der Waals surface area contributed by atoms with E-state index in [0.29, 0.717) is 6.42 Å². The van der Waals surface area contributed by atoms with E-state index in [0.717, 1.165) is 22.9 Å². The van der Waals surface area contributed by atoms with Crippen LogP contribution in [0.2, 0.25) is 0 Å². The Balaban J connectivity index is 2.53. The van der Waals surface area contributed by atoms with Crippen molar-refractivity contribution in [1.82, 2.24) is 5.32 Å². The van der Waals surface area contributed by atoms with Crippen molar-refractivity contribution in [1.29, 1.82) is 0 Å². The van der Waals surface area contributed by atoms with Gasteiger partial charge in [-0.15, -0.1) is 11.8 Å². The number of thioether (sulfide) groups is 1. The number of carbonyl (C=O) groups excluding carboxylic acids is 1. The number of esters is 1. The summed E-state index contributed by atoms with van der Waals surface area (Å²) < 4.78 is 10.00. The number of carbonyl (C=O) groups is 1. The summed E-state index contributed by atoms with van der Waals surface area (Å²) in [5.74, 6) is 1.47. The summed E-state index contributed by atoms with van der Waals surface area (Å²) in [5.41, 5.74) is -0.622. The summed E-state index contributed by atoms with van der Waals surface area (Å²) >= 11 is 1.72. The van der Waals surface area contributed by atoms with Gasteiger partial charge in [-0.1, -0.05) is 6.92 Å². The molecule has 0 saturated carbocycles. The Morgan fingerprint density at radius 1 is 1.30 bits per heavy atom. The molecule has 112 valence electrons. The van der Waals surface area contributed by atoms with Crippen LogP contribution in [0.1, 0.15) is 20.3 Å². The van der Waals surface area contributed by atoms with Gasteiger partial charge in [0.05, 0.1) is 14.2 Å². The minimum Gasteiger partial charge on any atom is -0.497 e. The molecular weight excluding hydrogens is 274 g/mol. The van der Waals surface area contributed by atoms with Crippen molar-refractivity contribution in [2.24, 2.45) is 0 Å². The van der Waals surface area contributed by atoms with Crippen molar-refractivity contribution in [3.05, 3.63) is 24.3 Å². The van der Waals surface area contributed by atoms with E-state index in [9.17, 15) is 4.79 Å².